The summed E-state index contributed by atoms with van der Waals surface area (Å²) >= 11 is 0. The fraction of sp³-hybridized carbons (Fsp3) is 0.875. The fourth-order valence-electron chi connectivity index (χ4n) is 1.36. The van der Waals surface area contributed by atoms with Gasteiger partial charge in [0.1, 0.15) is 0 Å². The van der Waals surface area contributed by atoms with E-state index in [1.165, 1.54) is 0 Å². The Morgan fingerprint density at radius 2 is 2.33 bits per heavy atom. The number of carbonyl (C=O) groups is 1. The first-order chi connectivity index (χ1) is 5.59. The lowest BCUT2D eigenvalue weighted by atomic mass is 10.0. The van der Waals surface area contributed by atoms with Crippen LogP contribution >= 0.6 is 0 Å². The molecular formula is C8H17N3O. The number of nitrogens with one attached hydrogen (secondary N) is 1. The number of hydrogen-bond acceptors (Lipinski definition) is 3. The lowest BCUT2D eigenvalue weighted by Gasteiger charge is -2.36. The van der Waals surface area contributed by atoms with Crippen LogP contribution in [0, 0.1) is 5.92 Å². The number of likely N-dealkylation sites (tertiary alicyclic amines) is 1. The molecule has 0 aromatic rings. The SMILES string of the molecule is CC(N)C(=O)NCC1CN(C)C1. The first kappa shape index (κ1) is 9.48. The van der Waals surface area contributed by atoms with E-state index in [2.05, 4.69) is 17.3 Å². The highest BCUT2D eigenvalue weighted by molar-refractivity contribution is 5.80. The summed E-state index contributed by atoms with van der Waals surface area (Å²) in [5, 5.41) is 2.81. The van der Waals surface area contributed by atoms with E-state index in [4.69, 9.17) is 5.73 Å². The Labute approximate surface area is 73.1 Å². The molecule has 1 saturated heterocycles. The van der Waals surface area contributed by atoms with Crippen LogP contribution in [0.3, 0.4) is 0 Å². The van der Waals surface area contributed by atoms with Crippen molar-refractivity contribution in [2.75, 3.05) is 26.7 Å². The lowest BCUT2D eigenvalue weighted by Crippen LogP contribution is -2.50. The molecule has 1 fully saturated rings. The highest BCUT2D eigenvalue weighted by atomic mass is 16.2. The number of rotatable bonds is 3. The molecule has 0 aromatic heterocycles. The minimum absolute atomic E-state index is 0.0513. The fourth-order valence-corrected chi connectivity index (χ4v) is 1.36. The van der Waals surface area contributed by atoms with E-state index in [0.29, 0.717) is 5.92 Å². The normalized spacial score (nSPS) is 21.6. The number of nitrogens with zero attached hydrogens (tertiary/aromatic N) is 1. The summed E-state index contributed by atoms with van der Waals surface area (Å²) in [5.74, 6) is 0.572. The second-order valence-electron chi connectivity index (χ2n) is 3.62. The average Bonchev–Trinajstić information content (AvgIpc) is 1.95. The minimum Gasteiger partial charge on any atom is -0.354 e. The van der Waals surface area contributed by atoms with Crippen molar-refractivity contribution in [3.8, 4) is 0 Å². The van der Waals surface area contributed by atoms with E-state index in [1.54, 1.807) is 6.92 Å². The van der Waals surface area contributed by atoms with Crippen LogP contribution in [0.1, 0.15) is 6.92 Å². The van der Waals surface area contributed by atoms with Gasteiger partial charge in [0.15, 0.2) is 0 Å². The second-order valence-corrected chi connectivity index (χ2v) is 3.62. The molecule has 4 heteroatoms. The van der Waals surface area contributed by atoms with Gasteiger partial charge in [-0.15, -0.1) is 0 Å². The minimum atomic E-state index is -0.386. The summed E-state index contributed by atoms with van der Waals surface area (Å²) < 4.78 is 0. The molecule has 1 aliphatic rings. The maximum Gasteiger partial charge on any atom is 0.236 e. The van der Waals surface area contributed by atoms with Crippen LogP contribution in [0.25, 0.3) is 0 Å². The van der Waals surface area contributed by atoms with Gasteiger partial charge in [0, 0.05) is 25.6 Å². The second kappa shape index (κ2) is 3.87. The van der Waals surface area contributed by atoms with E-state index >= 15 is 0 Å². The third kappa shape index (κ3) is 2.46. The first-order valence-electron chi connectivity index (χ1n) is 4.31. The van der Waals surface area contributed by atoms with Gasteiger partial charge in [-0.3, -0.25) is 4.79 Å². The zero-order chi connectivity index (χ0) is 9.14. The van der Waals surface area contributed by atoms with Crippen molar-refractivity contribution in [1.29, 1.82) is 0 Å². The molecule has 1 aliphatic heterocycles. The Bertz CT molecular complexity index is 164. The van der Waals surface area contributed by atoms with Gasteiger partial charge in [0.05, 0.1) is 6.04 Å². The van der Waals surface area contributed by atoms with Gasteiger partial charge in [0.25, 0.3) is 0 Å². The summed E-state index contributed by atoms with van der Waals surface area (Å²) in [7, 11) is 2.07. The zero-order valence-corrected chi connectivity index (χ0v) is 7.71. The third-order valence-electron chi connectivity index (χ3n) is 2.12. The summed E-state index contributed by atoms with van der Waals surface area (Å²) in [6, 6.07) is -0.386. The molecule has 4 nitrogen and oxygen atoms in total. The number of hydrogen-bond donors (Lipinski definition) is 2. The molecule has 1 atom stereocenters. The van der Waals surface area contributed by atoms with E-state index in [9.17, 15) is 4.79 Å². The van der Waals surface area contributed by atoms with Crippen molar-refractivity contribution in [2.24, 2.45) is 11.7 Å². The molecule has 0 saturated carbocycles. The van der Waals surface area contributed by atoms with Crippen LogP contribution in [0.4, 0.5) is 0 Å². The summed E-state index contributed by atoms with van der Waals surface area (Å²) in [4.78, 5) is 13.2. The Kier molecular flexibility index (Phi) is 3.05. The molecule has 1 unspecified atom stereocenters. The highest BCUT2D eigenvalue weighted by Gasteiger charge is 2.23. The zero-order valence-electron chi connectivity index (χ0n) is 7.71. The van der Waals surface area contributed by atoms with Crippen molar-refractivity contribution in [3.63, 3.8) is 0 Å². The highest BCUT2D eigenvalue weighted by Crippen LogP contribution is 2.10. The van der Waals surface area contributed by atoms with Crippen molar-refractivity contribution in [1.82, 2.24) is 10.2 Å². The Balaban J connectivity index is 2.06. The van der Waals surface area contributed by atoms with Crippen LogP contribution in [0.5, 0.6) is 0 Å². The van der Waals surface area contributed by atoms with E-state index in [-0.39, 0.29) is 11.9 Å². The predicted octanol–water partition coefficient (Wildman–Crippen LogP) is -0.989. The van der Waals surface area contributed by atoms with Gasteiger partial charge in [0.2, 0.25) is 5.91 Å². The van der Waals surface area contributed by atoms with Crippen molar-refractivity contribution < 1.29 is 4.79 Å². The van der Waals surface area contributed by atoms with Gasteiger partial charge >= 0.3 is 0 Å². The van der Waals surface area contributed by atoms with E-state index in [0.717, 1.165) is 19.6 Å². The molecule has 0 spiro atoms. The summed E-state index contributed by atoms with van der Waals surface area (Å²) in [6.45, 7) is 4.63. The summed E-state index contributed by atoms with van der Waals surface area (Å²) in [6.07, 6.45) is 0. The monoisotopic (exact) mass is 171 g/mol. The van der Waals surface area contributed by atoms with Gasteiger partial charge < -0.3 is 16.0 Å². The molecule has 3 N–H and O–H groups in total. The molecule has 1 heterocycles. The standard InChI is InChI=1S/C8H17N3O/c1-6(9)8(12)10-3-7-4-11(2)5-7/h6-7H,3-5,9H2,1-2H3,(H,10,12). The summed E-state index contributed by atoms with van der Waals surface area (Å²) in [5.41, 5.74) is 5.39. The largest absolute Gasteiger partial charge is 0.354 e. The Hall–Kier alpha value is -0.610. The maximum atomic E-state index is 11.0. The number of carbonyl (C=O) groups excluding carboxylic acids is 1. The molecule has 0 aliphatic carbocycles. The van der Waals surface area contributed by atoms with Gasteiger partial charge in [-0.05, 0) is 14.0 Å². The molecular weight excluding hydrogens is 154 g/mol. The van der Waals surface area contributed by atoms with E-state index in [1.807, 2.05) is 0 Å². The molecule has 0 radical (unpaired) electrons. The van der Waals surface area contributed by atoms with Crippen LogP contribution in [-0.4, -0.2) is 43.5 Å². The molecule has 0 bridgehead atoms. The van der Waals surface area contributed by atoms with Crippen molar-refractivity contribution in [2.45, 2.75) is 13.0 Å². The quantitative estimate of drug-likeness (QED) is 0.573. The van der Waals surface area contributed by atoms with Gasteiger partial charge in [-0.2, -0.15) is 0 Å². The smallest absolute Gasteiger partial charge is 0.236 e. The van der Waals surface area contributed by atoms with Crippen LogP contribution < -0.4 is 11.1 Å². The average molecular weight is 171 g/mol. The van der Waals surface area contributed by atoms with Gasteiger partial charge in [-0.25, -0.2) is 0 Å². The van der Waals surface area contributed by atoms with Crippen molar-refractivity contribution >= 4 is 5.91 Å². The van der Waals surface area contributed by atoms with Crippen molar-refractivity contribution in [3.05, 3.63) is 0 Å². The van der Waals surface area contributed by atoms with Crippen LogP contribution in [0.2, 0.25) is 0 Å². The molecule has 12 heavy (non-hydrogen) atoms. The van der Waals surface area contributed by atoms with E-state index < -0.39 is 0 Å². The Morgan fingerprint density at radius 1 is 1.75 bits per heavy atom. The third-order valence-corrected chi connectivity index (χ3v) is 2.12. The molecule has 1 amide bonds. The number of nitrogens with two attached hydrogens (primary N) is 1. The lowest BCUT2D eigenvalue weighted by molar-refractivity contribution is -0.122. The maximum absolute atomic E-state index is 11.0. The Morgan fingerprint density at radius 3 is 2.75 bits per heavy atom. The van der Waals surface area contributed by atoms with Gasteiger partial charge in [-0.1, -0.05) is 0 Å². The van der Waals surface area contributed by atoms with Crippen LogP contribution in [0.15, 0.2) is 0 Å². The number of amides is 1. The molecule has 70 valence electrons. The molecule has 0 aromatic carbocycles. The molecule has 1 rings (SSSR count). The topological polar surface area (TPSA) is 58.4 Å². The van der Waals surface area contributed by atoms with Crippen LogP contribution in [-0.2, 0) is 4.79 Å². The first-order valence-corrected chi connectivity index (χ1v) is 4.31. The predicted molar refractivity (Wildman–Crippen MR) is 47.6 cm³/mol.